The Morgan fingerprint density at radius 2 is 2.16 bits per heavy atom. The third-order valence-electron chi connectivity index (χ3n) is 3.45. The number of thiophene rings is 1. The topological polar surface area (TPSA) is 38.0 Å². The molecule has 0 saturated heterocycles. The largest absolute Gasteiger partial charge is 0.384 e. The SMILES string of the molecule is CCc1cc(CC(C)(O)c2sccc2C)n(CC)n1. The number of aromatic nitrogens is 2. The van der Waals surface area contributed by atoms with Crippen LogP contribution in [0.3, 0.4) is 0 Å². The summed E-state index contributed by atoms with van der Waals surface area (Å²) in [7, 11) is 0. The fourth-order valence-corrected chi connectivity index (χ4v) is 3.45. The average Bonchev–Trinajstić information content (AvgIpc) is 2.95. The Kier molecular flexibility index (Phi) is 4.11. The predicted octanol–water partition coefficient (Wildman–Crippen LogP) is 3.29. The highest BCUT2D eigenvalue weighted by Crippen LogP contribution is 2.32. The Morgan fingerprint density at radius 3 is 2.68 bits per heavy atom. The van der Waals surface area contributed by atoms with Crippen LogP contribution in [0.4, 0.5) is 0 Å². The van der Waals surface area contributed by atoms with Gasteiger partial charge in [0.25, 0.3) is 0 Å². The van der Waals surface area contributed by atoms with E-state index in [1.165, 1.54) is 0 Å². The van der Waals surface area contributed by atoms with Gasteiger partial charge in [-0.1, -0.05) is 6.92 Å². The minimum atomic E-state index is -0.823. The maximum Gasteiger partial charge on any atom is 0.102 e. The highest BCUT2D eigenvalue weighted by atomic mass is 32.1. The van der Waals surface area contributed by atoms with Crippen LogP contribution in [0.2, 0.25) is 0 Å². The summed E-state index contributed by atoms with van der Waals surface area (Å²) in [5, 5.41) is 17.4. The quantitative estimate of drug-likeness (QED) is 0.911. The van der Waals surface area contributed by atoms with E-state index in [4.69, 9.17) is 0 Å². The number of rotatable bonds is 5. The number of hydrogen-bond acceptors (Lipinski definition) is 3. The van der Waals surface area contributed by atoms with Crippen molar-refractivity contribution in [2.24, 2.45) is 0 Å². The van der Waals surface area contributed by atoms with Gasteiger partial charge >= 0.3 is 0 Å². The van der Waals surface area contributed by atoms with E-state index in [1.807, 2.05) is 17.0 Å². The Bertz CT molecular complexity index is 554. The maximum absolute atomic E-state index is 10.8. The van der Waals surface area contributed by atoms with E-state index in [0.717, 1.165) is 34.8 Å². The second-order valence-corrected chi connectivity index (χ2v) is 6.10. The van der Waals surface area contributed by atoms with Crippen molar-refractivity contribution in [1.29, 1.82) is 0 Å². The zero-order valence-electron chi connectivity index (χ0n) is 12.1. The Balaban J connectivity index is 2.29. The van der Waals surface area contributed by atoms with Gasteiger partial charge < -0.3 is 5.11 Å². The first-order valence-corrected chi connectivity index (χ1v) is 7.68. The summed E-state index contributed by atoms with van der Waals surface area (Å²) in [6, 6.07) is 4.17. The average molecular weight is 278 g/mol. The van der Waals surface area contributed by atoms with E-state index in [1.54, 1.807) is 11.3 Å². The molecule has 0 fully saturated rings. The van der Waals surface area contributed by atoms with Gasteiger partial charge in [-0.05, 0) is 50.3 Å². The Morgan fingerprint density at radius 1 is 1.42 bits per heavy atom. The summed E-state index contributed by atoms with van der Waals surface area (Å²) in [4.78, 5) is 1.05. The molecule has 2 heterocycles. The van der Waals surface area contributed by atoms with Crippen LogP contribution in [-0.2, 0) is 25.0 Å². The summed E-state index contributed by atoms with van der Waals surface area (Å²) in [5.74, 6) is 0. The van der Waals surface area contributed by atoms with Gasteiger partial charge in [-0.2, -0.15) is 5.10 Å². The molecule has 3 nitrogen and oxygen atoms in total. The lowest BCUT2D eigenvalue weighted by molar-refractivity contribution is 0.0586. The third-order valence-corrected chi connectivity index (χ3v) is 4.72. The molecule has 2 aromatic rings. The molecule has 2 rings (SSSR count). The van der Waals surface area contributed by atoms with E-state index in [9.17, 15) is 5.11 Å². The lowest BCUT2D eigenvalue weighted by atomic mass is 9.95. The second-order valence-electron chi connectivity index (χ2n) is 5.18. The number of nitrogens with zero attached hydrogens (tertiary/aromatic N) is 2. The van der Waals surface area contributed by atoms with E-state index in [0.29, 0.717) is 6.42 Å². The predicted molar refractivity (Wildman–Crippen MR) is 79.6 cm³/mol. The molecular formula is C15H22N2OS. The fourth-order valence-electron chi connectivity index (χ4n) is 2.46. The number of aryl methyl sites for hydroxylation is 3. The van der Waals surface area contributed by atoms with Crippen molar-refractivity contribution in [1.82, 2.24) is 9.78 Å². The number of hydrogen-bond donors (Lipinski definition) is 1. The van der Waals surface area contributed by atoms with Crippen molar-refractivity contribution in [2.75, 3.05) is 0 Å². The van der Waals surface area contributed by atoms with Gasteiger partial charge in [0.05, 0.1) is 5.69 Å². The van der Waals surface area contributed by atoms with Crippen molar-refractivity contribution in [3.63, 3.8) is 0 Å². The second kappa shape index (κ2) is 5.47. The number of aliphatic hydroxyl groups is 1. The zero-order chi connectivity index (χ0) is 14.0. The molecule has 2 aromatic heterocycles. The first-order chi connectivity index (χ1) is 8.97. The summed E-state index contributed by atoms with van der Waals surface area (Å²) >= 11 is 1.62. The van der Waals surface area contributed by atoms with Crippen molar-refractivity contribution >= 4 is 11.3 Å². The van der Waals surface area contributed by atoms with Crippen molar-refractivity contribution in [3.05, 3.63) is 39.3 Å². The molecule has 0 aliphatic rings. The van der Waals surface area contributed by atoms with Gasteiger partial charge in [0.15, 0.2) is 0 Å². The van der Waals surface area contributed by atoms with Crippen LogP contribution in [0.25, 0.3) is 0 Å². The lowest BCUT2D eigenvalue weighted by Crippen LogP contribution is -2.25. The van der Waals surface area contributed by atoms with E-state index in [-0.39, 0.29) is 0 Å². The minimum absolute atomic E-state index is 0.606. The molecule has 0 radical (unpaired) electrons. The van der Waals surface area contributed by atoms with Crippen LogP contribution in [0.1, 0.15) is 42.6 Å². The van der Waals surface area contributed by atoms with Gasteiger partial charge in [0.2, 0.25) is 0 Å². The molecule has 4 heteroatoms. The maximum atomic E-state index is 10.8. The molecular weight excluding hydrogens is 256 g/mol. The lowest BCUT2D eigenvalue weighted by Gasteiger charge is -2.23. The van der Waals surface area contributed by atoms with Gasteiger partial charge in [-0.25, -0.2) is 0 Å². The zero-order valence-corrected chi connectivity index (χ0v) is 12.9. The highest BCUT2D eigenvalue weighted by molar-refractivity contribution is 7.10. The molecule has 19 heavy (non-hydrogen) atoms. The monoisotopic (exact) mass is 278 g/mol. The summed E-state index contributed by atoms with van der Waals surface area (Å²) in [6.07, 6.45) is 1.54. The summed E-state index contributed by atoms with van der Waals surface area (Å²) in [5.41, 5.74) is 2.54. The van der Waals surface area contributed by atoms with Crippen molar-refractivity contribution < 1.29 is 5.11 Å². The molecule has 0 bridgehead atoms. The fraction of sp³-hybridized carbons (Fsp3) is 0.533. The third kappa shape index (κ3) is 2.90. The summed E-state index contributed by atoms with van der Waals surface area (Å²) in [6.45, 7) is 8.98. The molecule has 0 saturated carbocycles. The summed E-state index contributed by atoms with van der Waals surface area (Å²) < 4.78 is 2.00. The molecule has 0 spiro atoms. The standard InChI is InChI=1S/C15H22N2OS/c1-5-12-9-13(17(6-2)16-12)10-15(4,18)14-11(3)7-8-19-14/h7-9,18H,5-6,10H2,1-4H3. The molecule has 0 aromatic carbocycles. The van der Waals surface area contributed by atoms with Crippen LogP contribution in [-0.4, -0.2) is 14.9 Å². The van der Waals surface area contributed by atoms with Crippen LogP contribution in [0.15, 0.2) is 17.5 Å². The van der Waals surface area contributed by atoms with Crippen LogP contribution in [0, 0.1) is 6.92 Å². The normalized spacial score (nSPS) is 14.6. The van der Waals surface area contributed by atoms with Gasteiger partial charge in [-0.3, -0.25) is 4.68 Å². The van der Waals surface area contributed by atoms with Gasteiger partial charge in [0, 0.05) is 23.5 Å². The van der Waals surface area contributed by atoms with E-state index < -0.39 is 5.60 Å². The highest BCUT2D eigenvalue weighted by Gasteiger charge is 2.28. The molecule has 104 valence electrons. The first kappa shape index (κ1) is 14.3. The molecule has 0 aliphatic carbocycles. The molecule has 1 atom stereocenters. The Labute approximate surface area is 118 Å². The Hall–Kier alpha value is -1.13. The van der Waals surface area contributed by atoms with E-state index >= 15 is 0 Å². The molecule has 1 unspecified atom stereocenters. The van der Waals surface area contributed by atoms with Gasteiger partial charge in [-0.15, -0.1) is 11.3 Å². The van der Waals surface area contributed by atoms with Gasteiger partial charge in [0.1, 0.15) is 5.60 Å². The van der Waals surface area contributed by atoms with Crippen LogP contribution >= 0.6 is 11.3 Å². The minimum Gasteiger partial charge on any atom is -0.384 e. The molecule has 0 aliphatic heterocycles. The van der Waals surface area contributed by atoms with Crippen LogP contribution < -0.4 is 0 Å². The van der Waals surface area contributed by atoms with Crippen molar-refractivity contribution in [3.8, 4) is 0 Å². The van der Waals surface area contributed by atoms with Crippen molar-refractivity contribution in [2.45, 2.75) is 52.7 Å². The molecule has 0 amide bonds. The van der Waals surface area contributed by atoms with E-state index in [2.05, 4.69) is 38.0 Å². The molecule has 1 N–H and O–H groups in total. The smallest absolute Gasteiger partial charge is 0.102 e. The van der Waals surface area contributed by atoms with Crippen LogP contribution in [0.5, 0.6) is 0 Å². The first-order valence-electron chi connectivity index (χ1n) is 6.80.